The Morgan fingerprint density at radius 2 is 1.95 bits per heavy atom. The van der Waals surface area contributed by atoms with Crippen LogP contribution >= 0.6 is 11.6 Å². The third kappa shape index (κ3) is 5.85. The molecule has 1 saturated carbocycles. The minimum Gasteiger partial charge on any atom is -0.492 e. The number of nitrogens with one attached hydrogen (secondary N) is 1. The van der Waals surface area contributed by atoms with Crippen LogP contribution in [0.25, 0.3) is 22.6 Å². The molecule has 1 N–H and O–H groups in total. The van der Waals surface area contributed by atoms with Gasteiger partial charge in [0, 0.05) is 62.6 Å². The number of pyridine rings is 1. The molecule has 1 aliphatic heterocycles. The van der Waals surface area contributed by atoms with Crippen LogP contribution in [-0.4, -0.2) is 74.3 Å². The number of halogens is 1. The number of benzene rings is 1. The predicted molar refractivity (Wildman–Crippen MR) is 151 cm³/mol. The van der Waals surface area contributed by atoms with E-state index in [1.54, 1.807) is 6.33 Å². The molecule has 0 spiro atoms. The number of ether oxygens (including phenoxy) is 2. The highest BCUT2D eigenvalue weighted by Crippen LogP contribution is 2.42. The van der Waals surface area contributed by atoms with Crippen LogP contribution in [-0.2, 0) is 6.42 Å². The zero-order chi connectivity index (χ0) is 26.8. The summed E-state index contributed by atoms with van der Waals surface area (Å²) in [5, 5.41) is 3.95. The largest absolute Gasteiger partial charge is 0.492 e. The number of rotatable bonds is 10. The van der Waals surface area contributed by atoms with Crippen LogP contribution in [0.2, 0.25) is 5.02 Å². The lowest BCUT2D eigenvalue weighted by molar-refractivity contribution is 0.191. The van der Waals surface area contributed by atoms with Crippen molar-refractivity contribution >= 4 is 22.8 Å². The highest BCUT2D eigenvalue weighted by atomic mass is 35.5. The smallest absolute Gasteiger partial charge is 0.245 e. The van der Waals surface area contributed by atoms with E-state index >= 15 is 0 Å². The van der Waals surface area contributed by atoms with Crippen molar-refractivity contribution in [3.05, 3.63) is 59.6 Å². The number of nitrogens with zero attached hydrogens (tertiary/aromatic N) is 6. The number of piperazine rings is 1. The second-order valence-electron chi connectivity index (χ2n) is 10.7. The fourth-order valence-electron chi connectivity index (χ4n) is 4.99. The molecule has 1 aromatic carbocycles. The Labute approximate surface area is 233 Å². The summed E-state index contributed by atoms with van der Waals surface area (Å²) in [5.41, 5.74) is 2.97. The molecule has 39 heavy (non-hydrogen) atoms. The number of aromatic nitrogens is 5. The molecule has 0 amide bonds. The molecule has 10 heteroatoms. The first-order valence-corrected chi connectivity index (χ1v) is 14.0. The van der Waals surface area contributed by atoms with Crippen molar-refractivity contribution < 1.29 is 9.47 Å². The second kappa shape index (κ2) is 11.1. The molecule has 0 bridgehead atoms. The molecule has 2 fully saturated rings. The van der Waals surface area contributed by atoms with Crippen LogP contribution in [0.4, 0.5) is 0 Å². The lowest BCUT2D eigenvalue weighted by Gasteiger charge is -2.26. The average Bonchev–Trinajstić information content (AvgIpc) is 3.53. The Balaban J connectivity index is 1.32. The second-order valence-corrected chi connectivity index (χ2v) is 11.1. The number of hydrogen-bond acceptors (Lipinski definition) is 8. The van der Waals surface area contributed by atoms with Crippen LogP contribution in [0.5, 0.6) is 11.6 Å². The summed E-state index contributed by atoms with van der Waals surface area (Å²) >= 11 is 6.88. The lowest BCUT2D eigenvalue weighted by atomic mass is 10.1. The van der Waals surface area contributed by atoms with Crippen LogP contribution < -0.4 is 14.8 Å². The Morgan fingerprint density at radius 3 is 2.69 bits per heavy atom. The van der Waals surface area contributed by atoms with Crippen molar-refractivity contribution in [2.75, 3.05) is 39.3 Å². The molecule has 6 rings (SSSR count). The van der Waals surface area contributed by atoms with E-state index < -0.39 is 0 Å². The molecule has 4 aromatic rings. The van der Waals surface area contributed by atoms with E-state index in [9.17, 15) is 0 Å². The van der Waals surface area contributed by atoms with Gasteiger partial charge >= 0.3 is 0 Å². The van der Waals surface area contributed by atoms with E-state index in [0.29, 0.717) is 29.4 Å². The van der Waals surface area contributed by atoms with Crippen molar-refractivity contribution in [3.63, 3.8) is 0 Å². The van der Waals surface area contributed by atoms with E-state index in [-0.39, 0.29) is 11.6 Å². The zero-order valence-electron chi connectivity index (χ0n) is 22.4. The third-order valence-electron chi connectivity index (χ3n) is 7.48. The normalized spacial score (nSPS) is 17.7. The van der Waals surface area contributed by atoms with Crippen LogP contribution in [0.1, 0.15) is 38.4 Å². The molecule has 3 aromatic heterocycles. The first-order chi connectivity index (χ1) is 19.0. The summed E-state index contributed by atoms with van der Waals surface area (Å²) in [4.78, 5) is 21.1. The molecule has 1 atom stereocenters. The summed E-state index contributed by atoms with van der Waals surface area (Å²) in [6.07, 6.45) is 6.09. The summed E-state index contributed by atoms with van der Waals surface area (Å²) in [6, 6.07) is 11.8. The lowest BCUT2D eigenvalue weighted by Crippen LogP contribution is -2.44. The van der Waals surface area contributed by atoms with Gasteiger partial charge in [-0.2, -0.15) is 4.98 Å². The number of fused-ring (bicyclic) bond motifs is 1. The molecule has 4 heterocycles. The van der Waals surface area contributed by atoms with Gasteiger partial charge in [-0.15, -0.1) is 0 Å². The van der Waals surface area contributed by atoms with E-state index in [2.05, 4.69) is 43.6 Å². The highest BCUT2D eigenvalue weighted by Gasteiger charge is 2.41. The summed E-state index contributed by atoms with van der Waals surface area (Å²) in [6.45, 7) is 9.89. The van der Waals surface area contributed by atoms with Crippen molar-refractivity contribution in [2.24, 2.45) is 0 Å². The predicted octanol–water partition coefficient (Wildman–Crippen LogP) is 4.56. The molecular formula is C29H34ClN7O2. The molecule has 204 valence electrons. The van der Waals surface area contributed by atoms with E-state index in [1.807, 2.05) is 42.6 Å². The van der Waals surface area contributed by atoms with E-state index in [0.717, 1.165) is 74.0 Å². The quantitative estimate of drug-likeness (QED) is 0.309. The molecule has 9 nitrogen and oxygen atoms in total. The number of imidazole rings is 1. The summed E-state index contributed by atoms with van der Waals surface area (Å²) < 4.78 is 14.4. The fraction of sp³-hybridized carbons (Fsp3) is 0.448. The third-order valence-corrected chi connectivity index (χ3v) is 7.79. The summed E-state index contributed by atoms with van der Waals surface area (Å²) in [5.74, 6) is 1.97. The van der Waals surface area contributed by atoms with Crippen molar-refractivity contribution in [2.45, 2.75) is 44.8 Å². The van der Waals surface area contributed by atoms with E-state index in [4.69, 9.17) is 26.1 Å². The Morgan fingerprint density at radius 1 is 1.10 bits per heavy atom. The summed E-state index contributed by atoms with van der Waals surface area (Å²) in [7, 11) is 0. The van der Waals surface area contributed by atoms with Gasteiger partial charge in [0.15, 0.2) is 11.2 Å². The standard InChI is InChI=1S/C29H34ClN7O2/c1-20(17-21-5-3-4-10-32-21)37-26(35-25-27(37)33-19-34-28(25)39-29(2)8-9-29)23-7-6-22(18-24(23)30)38-16-15-36-13-11-31-12-14-36/h3-7,10,18-20,31H,8-9,11-17H2,1-2H3. The van der Waals surface area contributed by atoms with Gasteiger partial charge < -0.3 is 19.4 Å². The maximum absolute atomic E-state index is 6.88. The van der Waals surface area contributed by atoms with Gasteiger partial charge in [-0.05, 0) is 57.0 Å². The van der Waals surface area contributed by atoms with Crippen molar-refractivity contribution in [3.8, 4) is 23.0 Å². The van der Waals surface area contributed by atoms with Gasteiger partial charge in [-0.25, -0.2) is 9.97 Å². The van der Waals surface area contributed by atoms with Gasteiger partial charge in [0.25, 0.3) is 0 Å². The Bertz CT molecular complexity index is 1430. The van der Waals surface area contributed by atoms with Crippen molar-refractivity contribution in [1.82, 2.24) is 34.7 Å². The first kappa shape index (κ1) is 26.0. The fourth-order valence-corrected chi connectivity index (χ4v) is 5.24. The van der Waals surface area contributed by atoms with Gasteiger partial charge in [0.05, 0.1) is 5.02 Å². The monoisotopic (exact) mass is 547 g/mol. The molecule has 1 saturated heterocycles. The van der Waals surface area contributed by atoms with Gasteiger partial charge in [-0.1, -0.05) is 17.7 Å². The van der Waals surface area contributed by atoms with Gasteiger partial charge in [0.2, 0.25) is 5.88 Å². The zero-order valence-corrected chi connectivity index (χ0v) is 23.2. The van der Waals surface area contributed by atoms with Gasteiger partial charge in [-0.3, -0.25) is 9.88 Å². The molecule has 0 radical (unpaired) electrons. The van der Waals surface area contributed by atoms with Crippen LogP contribution in [0, 0.1) is 0 Å². The average molecular weight is 548 g/mol. The first-order valence-electron chi connectivity index (χ1n) is 13.7. The Kier molecular flexibility index (Phi) is 7.38. The minimum atomic E-state index is -0.188. The van der Waals surface area contributed by atoms with Crippen LogP contribution in [0.15, 0.2) is 48.9 Å². The van der Waals surface area contributed by atoms with Gasteiger partial charge in [0.1, 0.15) is 30.1 Å². The SMILES string of the molecule is CC(Cc1ccccn1)n1c(-c2ccc(OCCN3CCNCC3)cc2Cl)nc2c(OC3(C)CC3)ncnc21. The molecule has 1 unspecified atom stereocenters. The van der Waals surface area contributed by atoms with E-state index in [1.165, 1.54) is 0 Å². The topological polar surface area (TPSA) is 90.2 Å². The Hall–Kier alpha value is -3.27. The number of hydrogen-bond donors (Lipinski definition) is 1. The maximum Gasteiger partial charge on any atom is 0.245 e. The van der Waals surface area contributed by atoms with Crippen molar-refractivity contribution in [1.29, 1.82) is 0 Å². The van der Waals surface area contributed by atoms with Crippen LogP contribution in [0.3, 0.4) is 0 Å². The maximum atomic E-state index is 6.88. The minimum absolute atomic E-state index is 0.00480. The molecule has 2 aliphatic rings. The molecule has 1 aliphatic carbocycles. The molecular weight excluding hydrogens is 514 g/mol. The highest BCUT2D eigenvalue weighted by molar-refractivity contribution is 6.33.